The van der Waals surface area contributed by atoms with E-state index in [1.165, 1.54) is 11.3 Å². The Balaban J connectivity index is 2.77. The maximum atomic E-state index is 8.58. The molecule has 0 bridgehead atoms. The standard InChI is InChI=1S/C8H4N3S/c9-4-5-1-2-6-7(3-5)12-8(10)11-6/h1-2H,(H2,10,11). The van der Waals surface area contributed by atoms with E-state index in [4.69, 9.17) is 11.0 Å². The van der Waals surface area contributed by atoms with Gasteiger partial charge >= 0.3 is 0 Å². The van der Waals surface area contributed by atoms with Crippen molar-refractivity contribution < 1.29 is 0 Å². The SMILES string of the molecule is N#Cc1[c]c2sc(N)nc2cc1. The number of anilines is 1. The third-order valence-electron chi connectivity index (χ3n) is 1.45. The maximum Gasteiger partial charge on any atom is 0.181 e. The van der Waals surface area contributed by atoms with Crippen LogP contribution in [0.3, 0.4) is 0 Å². The van der Waals surface area contributed by atoms with Crippen LogP contribution in [0, 0.1) is 17.4 Å². The zero-order valence-corrected chi connectivity index (χ0v) is 6.85. The fourth-order valence-corrected chi connectivity index (χ4v) is 1.68. The Hall–Kier alpha value is -1.60. The molecular formula is C8H4N3S. The van der Waals surface area contributed by atoms with Crippen LogP contribution < -0.4 is 5.73 Å². The molecule has 0 unspecified atom stereocenters. The summed E-state index contributed by atoms with van der Waals surface area (Å²) in [5.74, 6) is 0. The molecule has 1 aromatic carbocycles. The van der Waals surface area contributed by atoms with Crippen LogP contribution in [0.1, 0.15) is 5.56 Å². The van der Waals surface area contributed by atoms with Crippen LogP contribution in [-0.4, -0.2) is 4.98 Å². The van der Waals surface area contributed by atoms with Crippen molar-refractivity contribution in [1.29, 1.82) is 5.26 Å². The third kappa shape index (κ3) is 1.00. The molecule has 3 nitrogen and oxygen atoms in total. The van der Waals surface area contributed by atoms with Crippen LogP contribution >= 0.6 is 11.3 Å². The summed E-state index contributed by atoms with van der Waals surface area (Å²) in [7, 11) is 0. The molecule has 0 amide bonds. The molecule has 0 aliphatic rings. The van der Waals surface area contributed by atoms with Crippen LogP contribution in [-0.2, 0) is 0 Å². The van der Waals surface area contributed by atoms with E-state index in [1.54, 1.807) is 12.1 Å². The number of hydrogen-bond donors (Lipinski definition) is 1. The van der Waals surface area contributed by atoms with Gasteiger partial charge in [-0.05, 0) is 12.1 Å². The maximum absolute atomic E-state index is 8.58. The Labute approximate surface area is 73.1 Å². The van der Waals surface area contributed by atoms with E-state index in [1.807, 2.05) is 6.07 Å². The average Bonchev–Trinajstić information content (AvgIpc) is 2.43. The second-order valence-electron chi connectivity index (χ2n) is 2.25. The molecule has 0 fully saturated rings. The number of fused-ring (bicyclic) bond motifs is 1. The van der Waals surface area contributed by atoms with Gasteiger partial charge in [-0.2, -0.15) is 5.26 Å². The van der Waals surface area contributed by atoms with Gasteiger partial charge in [0.25, 0.3) is 0 Å². The lowest BCUT2D eigenvalue weighted by Crippen LogP contribution is -1.79. The summed E-state index contributed by atoms with van der Waals surface area (Å²) in [6, 6.07) is 8.38. The van der Waals surface area contributed by atoms with Crippen LogP contribution in [0.25, 0.3) is 10.2 Å². The largest absolute Gasteiger partial charge is 0.375 e. The summed E-state index contributed by atoms with van der Waals surface area (Å²) in [6.07, 6.45) is 0. The second kappa shape index (κ2) is 2.47. The van der Waals surface area contributed by atoms with Gasteiger partial charge in [-0.15, -0.1) is 0 Å². The first kappa shape index (κ1) is 7.07. The molecule has 0 aliphatic carbocycles. The minimum absolute atomic E-state index is 0.510. The Bertz CT molecular complexity index is 467. The van der Waals surface area contributed by atoms with Crippen LogP contribution in [0.5, 0.6) is 0 Å². The Morgan fingerprint density at radius 3 is 3.17 bits per heavy atom. The molecule has 2 aromatic rings. The first-order valence-corrected chi connectivity index (χ1v) is 4.09. The van der Waals surface area contributed by atoms with E-state index in [9.17, 15) is 0 Å². The van der Waals surface area contributed by atoms with Crippen molar-refractivity contribution in [2.45, 2.75) is 0 Å². The number of benzene rings is 1. The molecule has 2 N–H and O–H groups in total. The summed E-state index contributed by atoms with van der Waals surface area (Å²) in [5, 5.41) is 9.09. The van der Waals surface area contributed by atoms with Crippen molar-refractivity contribution in [2.24, 2.45) is 0 Å². The first-order chi connectivity index (χ1) is 5.79. The predicted molar refractivity (Wildman–Crippen MR) is 47.6 cm³/mol. The summed E-state index contributed by atoms with van der Waals surface area (Å²) >= 11 is 1.34. The Kier molecular flexibility index (Phi) is 1.45. The molecule has 1 aromatic heterocycles. The second-order valence-corrected chi connectivity index (χ2v) is 3.28. The van der Waals surface area contributed by atoms with Crippen molar-refractivity contribution in [3.63, 3.8) is 0 Å². The number of thiazole rings is 1. The summed E-state index contributed by atoms with van der Waals surface area (Å²) in [4.78, 5) is 4.04. The van der Waals surface area contributed by atoms with Gasteiger partial charge in [0.15, 0.2) is 5.13 Å². The van der Waals surface area contributed by atoms with Gasteiger partial charge in [-0.1, -0.05) is 11.3 Å². The van der Waals surface area contributed by atoms with Gasteiger partial charge in [0, 0.05) is 6.07 Å². The fourth-order valence-electron chi connectivity index (χ4n) is 0.943. The number of hydrogen-bond acceptors (Lipinski definition) is 4. The summed E-state index contributed by atoms with van der Waals surface area (Å²) in [6.45, 7) is 0. The molecule has 0 aliphatic heterocycles. The highest BCUT2D eigenvalue weighted by atomic mass is 32.1. The normalized spacial score (nSPS) is 9.92. The number of nitrogens with zero attached hydrogens (tertiary/aromatic N) is 2. The van der Waals surface area contributed by atoms with E-state index < -0.39 is 0 Å². The highest BCUT2D eigenvalue weighted by molar-refractivity contribution is 7.22. The molecule has 12 heavy (non-hydrogen) atoms. The molecule has 0 saturated heterocycles. The average molecular weight is 174 g/mol. The van der Waals surface area contributed by atoms with Crippen molar-refractivity contribution in [1.82, 2.24) is 4.98 Å². The lowest BCUT2D eigenvalue weighted by Gasteiger charge is -1.85. The molecule has 4 heteroatoms. The van der Waals surface area contributed by atoms with Gasteiger partial charge < -0.3 is 5.73 Å². The number of nitrogen functional groups attached to an aromatic ring is 1. The van der Waals surface area contributed by atoms with Gasteiger partial charge in [0.2, 0.25) is 0 Å². The van der Waals surface area contributed by atoms with E-state index >= 15 is 0 Å². The molecule has 0 saturated carbocycles. The van der Waals surface area contributed by atoms with E-state index in [0.29, 0.717) is 10.7 Å². The summed E-state index contributed by atoms with van der Waals surface area (Å²) < 4.78 is 0.839. The van der Waals surface area contributed by atoms with E-state index in [2.05, 4.69) is 11.1 Å². The number of nitriles is 1. The zero-order chi connectivity index (χ0) is 8.55. The zero-order valence-electron chi connectivity index (χ0n) is 6.03. The first-order valence-electron chi connectivity index (χ1n) is 3.28. The van der Waals surface area contributed by atoms with E-state index in [0.717, 1.165) is 10.2 Å². The van der Waals surface area contributed by atoms with Gasteiger partial charge in [0.1, 0.15) is 0 Å². The Morgan fingerprint density at radius 1 is 1.58 bits per heavy atom. The molecule has 0 spiro atoms. The highest BCUT2D eigenvalue weighted by Crippen LogP contribution is 2.23. The van der Waals surface area contributed by atoms with Crippen molar-refractivity contribution in [3.8, 4) is 6.07 Å². The quantitative estimate of drug-likeness (QED) is 0.659. The van der Waals surface area contributed by atoms with Gasteiger partial charge in [0.05, 0.1) is 21.8 Å². The molecule has 2 rings (SSSR count). The lowest BCUT2D eigenvalue weighted by atomic mass is 10.2. The molecular weight excluding hydrogens is 170 g/mol. The topological polar surface area (TPSA) is 62.7 Å². The minimum atomic E-state index is 0.510. The van der Waals surface area contributed by atoms with Crippen molar-refractivity contribution >= 4 is 26.7 Å². The lowest BCUT2D eigenvalue weighted by molar-refractivity contribution is 1.47. The van der Waals surface area contributed by atoms with Gasteiger partial charge in [-0.3, -0.25) is 0 Å². The third-order valence-corrected chi connectivity index (χ3v) is 2.26. The molecule has 1 heterocycles. The smallest absolute Gasteiger partial charge is 0.181 e. The van der Waals surface area contributed by atoms with Crippen molar-refractivity contribution in [2.75, 3.05) is 5.73 Å². The van der Waals surface area contributed by atoms with Crippen molar-refractivity contribution in [3.05, 3.63) is 23.8 Å². The molecule has 0 atom stereocenters. The van der Waals surface area contributed by atoms with Crippen LogP contribution in [0.15, 0.2) is 12.1 Å². The predicted octanol–water partition coefficient (Wildman–Crippen LogP) is 1.55. The van der Waals surface area contributed by atoms with Crippen LogP contribution in [0.2, 0.25) is 0 Å². The monoisotopic (exact) mass is 174 g/mol. The van der Waals surface area contributed by atoms with E-state index in [-0.39, 0.29) is 0 Å². The van der Waals surface area contributed by atoms with Crippen LogP contribution in [0.4, 0.5) is 5.13 Å². The highest BCUT2D eigenvalue weighted by Gasteiger charge is 2.01. The number of aromatic nitrogens is 1. The number of rotatable bonds is 0. The Morgan fingerprint density at radius 2 is 2.42 bits per heavy atom. The fraction of sp³-hybridized carbons (Fsp3) is 0. The minimum Gasteiger partial charge on any atom is -0.375 e. The molecule has 57 valence electrons. The summed E-state index contributed by atoms with van der Waals surface area (Å²) in [5.41, 5.74) is 6.81. The molecule has 1 radical (unpaired) electrons. The van der Waals surface area contributed by atoms with Gasteiger partial charge in [-0.25, -0.2) is 4.98 Å². The number of nitrogens with two attached hydrogens (primary N) is 1.